The molecule has 0 saturated heterocycles. The predicted molar refractivity (Wildman–Crippen MR) is 102 cm³/mol. The number of carbonyl (C=O) groups is 2. The molecule has 0 aliphatic rings. The van der Waals surface area contributed by atoms with Crippen molar-refractivity contribution in [3.8, 4) is 0 Å². The third-order valence-electron chi connectivity index (χ3n) is 3.88. The lowest BCUT2D eigenvalue weighted by Gasteiger charge is -2.09. The van der Waals surface area contributed by atoms with Crippen molar-refractivity contribution >= 4 is 23.2 Å². The van der Waals surface area contributed by atoms with E-state index in [2.05, 4.69) is 15.6 Å². The highest BCUT2D eigenvalue weighted by Crippen LogP contribution is 2.16. The maximum absolute atomic E-state index is 12.9. The lowest BCUT2D eigenvalue weighted by molar-refractivity contribution is -0.116. The zero-order valence-electron chi connectivity index (χ0n) is 14.5. The fourth-order valence-corrected chi connectivity index (χ4v) is 2.51. The number of rotatable bonds is 6. The number of amides is 2. The number of pyridine rings is 1. The van der Waals surface area contributed by atoms with Crippen molar-refractivity contribution in [1.29, 1.82) is 0 Å². The van der Waals surface area contributed by atoms with Crippen LogP contribution < -0.4 is 10.6 Å². The van der Waals surface area contributed by atoms with Crippen LogP contribution in [0.3, 0.4) is 0 Å². The molecular weight excluding hydrogens is 345 g/mol. The minimum Gasteiger partial charge on any atom is -0.326 e. The average molecular weight is 363 g/mol. The molecule has 2 aromatic carbocycles. The number of anilines is 2. The molecule has 6 heteroatoms. The summed E-state index contributed by atoms with van der Waals surface area (Å²) in [6.45, 7) is 0. The standard InChI is InChI=1S/C21H18FN3O2/c22-17-9-6-15(7-10-17)8-11-20(26)24-18-4-1-5-19(13-18)25-21(27)16-3-2-12-23-14-16/h1-7,9-10,12-14H,8,11H2,(H,24,26)(H,25,27). The van der Waals surface area contributed by atoms with Crippen molar-refractivity contribution in [2.75, 3.05) is 10.6 Å². The first kappa shape index (κ1) is 18.3. The van der Waals surface area contributed by atoms with Gasteiger partial charge < -0.3 is 10.6 Å². The molecule has 0 radical (unpaired) electrons. The molecule has 2 N–H and O–H groups in total. The first-order valence-electron chi connectivity index (χ1n) is 8.46. The molecule has 136 valence electrons. The van der Waals surface area contributed by atoms with Gasteiger partial charge in [-0.15, -0.1) is 0 Å². The molecule has 27 heavy (non-hydrogen) atoms. The molecule has 1 heterocycles. The monoisotopic (exact) mass is 363 g/mol. The summed E-state index contributed by atoms with van der Waals surface area (Å²) >= 11 is 0. The van der Waals surface area contributed by atoms with Crippen molar-refractivity contribution in [3.63, 3.8) is 0 Å². The van der Waals surface area contributed by atoms with Gasteiger partial charge in [0.25, 0.3) is 5.91 Å². The van der Waals surface area contributed by atoms with Crippen LogP contribution in [0.15, 0.2) is 73.1 Å². The summed E-state index contributed by atoms with van der Waals surface area (Å²) in [4.78, 5) is 28.2. The molecule has 1 aromatic heterocycles. The lowest BCUT2D eigenvalue weighted by Crippen LogP contribution is -2.14. The van der Waals surface area contributed by atoms with Crippen LogP contribution in [0.5, 0.6) is 0 Å². The normalized spacial score (nSPS) is 10.3. The summed E-state index contributed by atoms with van der Waals surface area (Å²) in [5.41, 5.74) is 2.50. The molecule has 0 saturated carbocycles. The Morgan fingerprint density at radius 1 is 0.926 bits per heavy atom. The zero-order chi connectivity index (χ0) is 19.1. The van der Waals surface area contributed by atoms with E-state index in [1.807, 2.05) is 0 Å². The Morgan fingerprint density at radius 3 is 2.37 bits per heavy atom. The van der Waals surface area contributed by atoms with Gasteiger partial charge in [0.2, 0.25) is 5.91 Å². The van der Waals surface area contributed by atoms with Crippen molar-refractivity contribution in [2.45, 2.75) is 12.8 Å². The molecule has 3 rings (SSSR count). The Bertz CT molecular complexity index is 928. The number of aromatic nitrogens is 1. The van der Waals surface area contributed by atoms with Crippen LogP contribution in [0.2, 0.25) is 0 Å². The minimum atomic E-state index is -0.298. The largest absolute Gasteiger partial charge is 0.326 e. The van der Waals surface area contributed by atoms with E-state index in [-0.39, 0.29) is 24.1 Å². The molecule has 0 spiro atoms. The van der Waals surface area contributed by atoms with E-state index in [4.69, 9.17) is 0 Å². The second-order valence-electron chi connectivity index (χ2n) is 5.95. The highest BCUT2D eigenvalue weighted by molar-refractivity contribution is 6.04. The molecule has 5 nitrogen and oxygen atoms in total. The fourth-order valence-electron chi connectivity index (χ4n) is 2.51. The Balaban J connectivity index is 1.56. The molecule has 0 unspecified atom stereocenters. The molecule has 0 atom stereocenters. The highest BCUT2D eigenvalue weighted by atomic mass is 19.1. The predicted octanol–water partition coefficient (Wildman–Crippen LogP) is 4.04. The smallest absolute Gasteiger partial charge is 0.257 e. The first-order valence-corrected chi connectivity index (χ1v) is 8.46. The third-order valence-corrected chi connectivity index (χ3v) is 3.88. The number of carbonyl (C=O) groups excluding carboxylic acids is 2. The SMILES string of the molecule is O=C(CCc1ccc(F)cc1)Nc1cccc(NC(=O)c2cccnc2)c1. The van der Waals surface area contributed by atoms with Gasteiger partial charge in [0.15, 0.2) is 0 Å². The topological polar surface area (TPSA) is 71.1 Å². The van der Waals surface area contributed by atoms with Crippen LogP contribution in [0.4, 0.5) is 15.8 Å². The van der Waals surface area contributed by atoms with Gasteiger partial charge in [0, 0.05) is 30.2 Å². The summed E-state index contributed by atoms with van der Waals surface area (Å²) in [7, 11) is 0. The Morgan fingerprint density at radius 2 is 1.67 bits per heavy atom. The number of nitrogens with one attached hydrogen (secondary N) is 2. The van der Waals surface area contributed by atoms with Crippen LogP contribution in [-0.2, 0) is 11.2 Å². The average Bonchev–Trinajstić information content (AvgIpc) is 2.68. The van der Waals surface area contributed by atoms with Crippen LogP contribution in [0.25, 0.3) is 0 Å². The van der Waals surface area contributed by atoms with E-state index in [1.54, 1.807) is 54.7 Å². The summed E-state index contributed by atoms with van der Waals surface area (Å²) in [6, 6.07) is 16.4. The van der Waals surface area contributed by atoms with Crippen molar-refractivity contribution < 1.29 is 14.0 Å². The van der Waals surface area contributed by atoms with Crippen LogP contribution in [0.1, 0.15) is 22.3 Å². The summed E-state index contributed by atoms with van der Waals surface area (Å²) in [5.74, 6) is -0.730. The second-order valence-corrected chi connectivity index (χ2v) is 5.95. The Labute approximate surface area is 156 Å². The van der Waals surface area contributed by atoms with Crippen molar-refractivity contribution in [3.05, 3.63) is 90.0 Å². The van der Waals surface area contributed by atoms with E-state index in [0.29, 0.717) is 23.4 Å². The maximum atomic E-state index is 12.9. The molecule has 0 aliphatic carbocycles. The molecule has 0 bridgehead atoms. The van der Waals surface area contributed by atoms with E-state index in [9.17, 15) is 14.0 Å². The molecule has 0 aliphatic heterocycles. The van der Waals surface area contributed by atoms with Gasteiger partial charge in [0.05, 0.1) is 5.56 Å². The molecule has 3 aromatic rings. The summed E-state index contributed by atoms with van der Waals surface area (Å²) < 4.78 is 12.9. The van der Waals surface area contributed by atoms with Gasteiger partial charge in [0.1, 0.15) is 5.82 Å². The maximum Gasteiger partial charge on any atom is 0.257 e. The summed E-state index contributed by atoms with van der Waals surface area (Å²) in [6.07, 6.45) is 3.87. The van der Waals surface area contributed by atoms with Crippen LogP contribution in [0, 0.1) is 5.82 Å². The van der Waals surface area contributed by atoms with Crippen molar-refractivity contribution in [2.24, 2.45) is 0 Å². The van der Waals surface area contributed by atoms with Gasteiger partial charge in [-0.25, -0.2) is 4.39 Å². The number of hydrogen-bond acceptors (Lipinski definition) is 3. The quantitative estimate of drug-likeness (QED) is 0.694. The Kier molecular flexibility index (Phi) is 5.89. The van der Waals surface area contributed by atoms with E-state index in [1.165, 1.54) is 18.3 Å². The fraction of sp³-hybridized carbons (Fsp3) is 0.0952. The lowest BCUT2D eigenvalue weighted by atomic mass is 10.1. The van der Waals surface area contributed by atoms with E-state index >= 15 is 0 Å². The van der Waals surface area contributed by atoms with Gasteiger partial charge in [-0.05, 0) is 54.4 Å². The Hall–Kier alpha value is -3.54. The number of aryl methyl sites for hydroxylation is 1. The van der Waals surface area contributed by atoms with Gasteiger partial charge in [-0.3, -0.25) is 14.6 Å². The summed E-state index contributed by atoms with van der Waals surface area (Å²) in [5, 5.41) is 5.57. The van der Waals surface area contributed by atoms with Gasteiger partial charge in [-0.1, -0.05) is 18.2 Å². The van der Waals surface area contributed by atoms with Crippen LogP contribution in [-0.4, -0.2) is 16.8 Å². The zero-order valence-corrected chi connectivity index (χ0v) is 14.5. The second kappa shape index (κ2) is 8.71. The highest BCUT2D eigenvalue weighted by Gasteiger charge is 2.08. The molecule has 2 amide bonds. The molecular formula is C21H18FN3O2. The number of hydrogen-bond donors (Lipinski definition) is 2. The minimum absolute atomic E-state index is 0.157. The first-order chi connectivity index (χ1) is 13.1. The van der Waals surface area contributed by atoms with Crippen LogP contribution >= 0.6 is 0 Å². The van der Waals surface area contributed by atoms with Gasteiger partial charge in [-0.2, -0.15) is 0 Å². The number of halogens is 1. The van der Waals surface area contributed by atoms with E-state index in [0.717, 1.165) is 5.56 Å². The molecule has 0 fully saturated rings. The third kappa shape index (κ3) is 5.47. The van der Waals surface area contributed by atoms with Crippen molar-refractivity contribution in [1.82, 2.24) is 4.98 Å². The van der Waals surface area contributed by atoms with Gasteiger partial charge >= 0.3 is 0 Å². The number of benzene rings is 2. The number of nitrogens with zero attached hydrogens (tertiary/aromatic N) is 1. The van der Waals surface area contributed by atoms with E-state index < -0.39 is 0 Å².